The van der Waals surface area contributed by atoms with E-state index in [9.17, 15) is 5.11 Å². The third-order valence-corrected chi connectivity index (χ3v) is 5.18. The Bertz CT molecular complexity index is 1050. The van der Waals surface area contributed by atoms with Gasteiger partial charge in [0.05, 0.1) is 11.9 Å². The summed E-state index contributed by atoms with van der Waals surface area (Å²) >= 11 is 0. The van der Waals surface area contributed by atoms with Crippen molar-refractivity contribution in [2.45, 2.75) is 53.9 Å². The maximum Gasteiger partial charge on any atom is 0.138 e. The first kappa shape index (κ1) is 26.8. The molecule has 0 atom stereocenters. The molecule has 1 aromatic heterocycles. The molecule has 2 aliphatic rings. The van der Waals surface area contributed by atoms with E-state index >= 15 is 0 Å². The smallest absolute Gasteiger partial charge is 0.138 e. The molecule has 3 heterocycles. The fraction of sp³-hybridized carbons (Fsp3) is 0.462. The highest BCUT2D eigenvalue weighted by Gasteiger charge is 2.19. The fourth-order valence-corrected chi connectivity index (χ4v) is 3.50. The van der Waals surface area contributed by atoms with Crippen LogP contribution in [0.15, 0.2) is 46.2 Å². The van der Waals surface area contributed by atoms with Crippen LogP contribution < -0.4 is 5.32 Å². The standard InChI is InChI=1S/C21H23N7O.C3H8.C2H6/c1-2-14-9-18(26-27-20(10-14)28-7-5-23-6-8-28)17-4-3-15(11-19(17)29)21-24-13-16(12-22)25-21;1-3-2;1-2/h3-4,9,11,13,23,29H,2,5-8,10H2,1H3,(H,24,25);3H2,1-2H3;1-2H3. The van der Waals surface area contributed by atoms with Crippen molar-refractivity contribution in [3.63, 3.8) is 0 Å². The number of amidine groups is 1. The van der Waals surface area contributed by atoms with Crippen LogP contribution in [0.4, 0.5) is 0 Å². The van der Waals surface area contributed by atoms with E-state index in [1.54, 1.807) is 6.07 Å². The van der Waals surface area contributed by atoms with Crippen LogP contribution in [-0.2, 0) is 0 Å². The van der Waals surface area contributed by atoms with Gasteiger partial charge in [-0.05, 0) is 24.6 Å². The Morgan fingerprint density at radius 1 is 1.12 bits per heavy atom. The van der Waals surface area contributed by atoms with Crippen molar-refractivity contribution in [1.82, 2.24) is 20.2 Å². The minimum absolute atomic E-state index is 0.101. The molecular formula is C26H37N7O. The van der Waals surface area contributed by atoms with E-state index in [1.807, 2.05) is 38.1 Å². The first-order valence-corrected chi connectivity index (χ1v) is 12.2. The third kappa shape index (κ3) is 7.03. The van der Waals surface area contributed by atoms with Gasteiger partial charge in [-0.1, -0.05) is 52.7 Å². The summed E-state index contributed by atoms with van der Waals surface area (Å²) in [6.45, 7) is 14.1. The summed E-state index contributed by atoms with van der Waals surface area (Å²) in [7, 11) is 0. The second kappa shape index (κ2) is 14.0. The molecule has 1 fully saturated rings. The lowest BCUT2D eigenvalue weighted by Gasteiger charge is -2.29. The quantitative estimate of drug-likeness (QED) is 0.603. The van der Waals surface area contributed by atoms with E-state index in [2.05, 4.69) is 51.2 Å². The number of aromatic hydroxyl groups is 1. The molecular weight excluding hydrogens is 426 g/mol. The monoisotopic (exact) mass is 463 g/mol. The lowest BCUT2D eigenvalue weighted by Crippen LogP contribution is -2.46. The second-order valence-corrected chi connectivity index (χ2v) is 7.77. The maximum absolute atomic E-state index is 10.7. The van der Waals surface area contributed by atoms with Crippen molar-refractivity contribution >= 4 is 11.5 Å². The molecule has 0 unspecified atom stereocenters. The van der Waals surface area contributed by atoms with Gasteiger partial charge in [0, 0.05) is 43.7 Å². The molecule has 0 aliphatic carbocycles. The molecule has 1 aromatic carbocycles. The number of piperazine rings is 1. The summed E-state index contributed by atoms with van der Waals surface area (Å²) in [6.07, 6.45) is 6.41. The predicted molar refractivity (Wildman–Crippen MR) is 139 cm³/mol. The summed E-state index contributed by atoms with van der Waals surface area (Å²) in [6, 6.07) is 7.30. The van der Waals surface area contributed by atoms with E-state index in [1.165, 1.54) is 18.2 Å². The van der Waals surface area contributed by atoms with Crippen LogP contribution in [0, 0.1) is 11.3 Å². The second-order valence-electron chi connectivity index (χ2n) is 7.77. The summed E-state index contributed by atoms with van der Waals surface area (Å²) < 4.78 is 0. The molecule has 2 aromatic rings. The van der Waals surface area contributed by atoms with Gasteiger partial charge in [0.15, 0.2) is 0 Å². The summed E-state index contributed by atoms with van der Waals surface area (Å²) in [5.41, 5.74) is 3.57. The largest absolute Gasteiger partial charge is 0.507 e. The minimum Gasteiger partial charge on any atom is -0.507 e. The highest BCUT2D eigenvalue weighted by Crippen LogP contribution is 2.27. The lowest BCUT2D eigenvalue weighted by atomic mass is 10.0. The van der Waals surface area contributed by atoms with Gasteiger partial charge in [-0.2, -0.15) is 5.26 Å². The lowest BCUT2D eigenvalue weighted by molar-refractivity contribution is 0.352. The van der Waals surface area contributed by atoms with Gasteiger partial charge in [0.2, 0.25) is 0 Å². The fourth-order valence-electron chi connectivity index (χ4n) is 3.50. The van der Waals surface area contributed by atoms with Crippen molar-refractivity contribution in [3.8, 4) is 23.2 Å². The highest BCUT2D eigenvalue weighted by molar-refractivity contribution is 6.12. The number of nitrogens with one attached hydrogen (secondary N) is 2. The van der Waals surface area contributed by atoms with Gasteiger partial charge in [0.25, 0.3) is 0 Å². The number of rotatable bonds is 3. The van der Waals surface area contributed by atoms with Crippen molar-refractivity contribution < 1.29 is 5.11 Å². The number of nitriles is 1. The zero-order valence-corrected chi connectivity index (χ0v) is 21.0. The number of aromatic amines is 1. The Morgan fingerprint density at radius 2 is 1.82 bits per heavy atom. The number of aromatic nitrogens is 2. The van der Waals surface area contributed by atoms with Gasteiger partial charge in [0.1, 0.15) is 29.2 Å². The topological polar surface area (TPSA) is 113 Å². The zero-order chi connectivity index (χ0) is 24.9. The number of phenols is 1. The van der Waals surface area contributed by atoms with Crippen LogP contribution in [0.5, 0.6) is 5.75 Å². The van der Waals surface area contributed by atoms with E-state index in [4.69, 9.17) is 5.26 Å². The Hall–Kier alpha value is -3.44. The maximum atomic E-state index is 10.7. The highest BCUT2D eigenvalue weighted by atomic mass is 16.3. The van der Waals surface area contributed by atoms with Crippen LogP contribution in [-0.4, -0.2) is 57.7 Å². The average molecular weight is 464 g/mol. The molecule has 0 radical (unpaired) electrons. The zero-order valence-electron chi connectivity index (χ0n) is 21.0. The number of imidazole rings is 1. The van der Waals surface area contributed by atoms with Crippen LogP contribution in [0.25, 0.3) is 11.4 Å². The number of benzene rings is 1. The van der Waals surface area contributed by atoms with Gasteiger partial charge in [-0.3, -0.25) is 0 Å². The van der Waals surface area contributed by atoms with Crippen molar-refractivity contribution in [3.05, 3.63) is 47.3 Å². The van der Waals surface area contributed by atoms with Gasteiger partial charge in [-0.25, -0.2) is 4.98 Å². The minimum atomic E-state index is 0.101. The molecule has 0 amide bonds. The summed E-state index contributed by atoms with van der Waals surface area (Å²) in [4.78, 5) is 9.37. The first-order chi connectivity index (χ1) is 16.6. The molecule has 0 saturated carbocycles. The molecule has 34 heavy (non-hydrogen) atoms. The third-order valence-electron chi connectivity index (χ3n) is 5.18. The molecule has 2 aliphatic heterocycles. The van der Waals surface area contributed by atoms with E-state index in [0.717, 1.165) is 44.9 Å². The van der Waals surface area contributed by atoms with Gasteiger partial charge >= 0.3 is 0 Å². The van der Waals surface area contributed by atoms with Gasteiger partial charge in [-0.15, -0.1) is 10.2 Å². The molecule has 8 heteroatoms. The molecule has 3 N–H and O–H groups in total. The molecule has 0 spiro atoms. The van der Waals surface area contributed by atoms with E-state index in [-0.39, 0.29) is 5.75 Å². The molecule has 8 nitrogen and oxygen atoms in total. The predicted octanol–water partition coefficient (Wildman–Crippen LogP) is 4.84. The van der Waals surface area contributed by atoms with Crippen molar-refractivity contribution in [1.29, 1.82) is 5.26 Å². The number of hydrogen-bond acceptors (Lipinski definition) is 7. The summed E-state index contributed by atoms with van der Waals surface area (Å²) in [5, 5.41) is 31.9. The molecule has 182 valence electrons. The summed E-state index contributed by atoms with van der Waals surface area (Å²) in [5.74, 6) is 1.61. The van der Waals surface area contributed by atoms with Crippen LogP contribution in [0.3, 0.4) is 0 Å². The Kier molecular flexibility index (Phi) is 11.0. The van der Waals surface area contributed by atoms with E-state index in [0.29, 0.717) is 28.4 Å². The van der Waals surface area contributed by atoms with Crippen molar-refractivity contribution in [2.75, 3.05) is 26.2 Å². The molecule has 1 saturated heterocycles. The van der Waals surface area contributed by atoms with Crippen LogP contribution in [0.1, 0.15) is 65.1 Å². The molecule has 0 bridgehead atoms. The van der Waals surface area contributed by atoms with Crippen LogP contribution >= 0.6 is 0 Å². The number of nitrogens with zero attached hydrogens (tertiary/aromatic N) is 5. The Balaban J connectivity index is 0.000000758. The average Bonchev–Trinajstić information content (AvgIpc) is 3.26. The first-order valence-electron chi connectivity index (χ1n) is 12.2. The van der Waals surface area contributed by atoms with Gasteiger partial charge < -0.3 is 20.3 Å². The number of allylic oxidation sites excluding steroid dienone is 1. The SMILES string of the molecule is CC.CCC.CCC1=CC(c2ccc(-c3ncc(C#N)[nH]3)cc2O)=NN=C(N2CCNCC2)C1. The number of H-pyrrole nitrogens is 1. The molecule has 4 rings (SSSR count). The number of phenolic OH excluding ortho intramolecular Hbond substituents is 1. The van der Waals surface area contributed by atoms with Crippen molar-refractivity contribution in [2.24, 2.45) is 10.2 Å². The Labute approximate surface area is 203 Å². The van der Waals surface area contributed by atoms with Crippen LogP contribution in [0.2, 0.25) is 0 Å². The van der Waals surface area contributed by atoms with E-state index < -0.39 is 0 Å². The normalized spacial score (nSPS) is 15.3. The number of hydrogen-bond donors (Lipinski definition) is 3. The Morgan fingerprint density at radius 3 is 2.41 bits per heavy atom.